The molecule has 0 bridgehead atoms. The first-order chi connectivity index (χ1) is 8.14. The van der Waals surface area contributed by atoms with Crippen molar-refractivity contribution in [3.63, 3.8) is 0 Å². The first-order valence-corrected chi connectivity index (χ1v) is 4.46. The van der Waals surface area contributed by atoms with Gasteiger partial charge >= 0.3 is 18.4 Å². The number of rotatable bonds is 3. The zero-order chi connectivity index (χ0) is 14.0. The Morgan fingerprint density at radius 2 is 1.72 bits per heavy atom. The minimum atomic E-state index is -5.61. The van der Waals surface area contributed by atoms with E-state index in [2.05, 4.69) is 14.7 Å². The zero-order valence-corrected chi connectivity index (χ0v) is 8.59. The van der Waals surface area contributed by atoms with Crippen LogP contribution in [0.4, 0.5) is 26.3 Å². The van der Waals surface area contributed by atoms with Gasteiger partial charge in [0.25, 0.3) is 6.10 Å². The van der Waals surface area contributed by atoms with Gasteiger partial charge in [0.1, 0.15) is 0 Å². The number of hydrogen-bond donors (Lipinski definition) is 1. The fourth-order valence-corrected chi connectivity index (χ4v) is 0.971. The van der Waals surface area contributed by atoms with E-state index in [4.69, 9.17) is 5.73 Å². The van der Waals surface area contributed by atoms with Crippen molar-refractivity contribution in [2.45, 2.75) is 25.0 Å². The maximum Gasteiger partial charge on any atom is 0.434 e. The molecule has 0 saturated carbocycles. The molecule has 0 aromatic carbocycles. The van der Waals surface area contributed by atoms with Gasteiger partial charge in [0, 0.05) is 12.7 Å². The van der Waals surface area contributed by atoms with Crippen LogP contribution in [0.1, 0.15) is 5.69 Å². The number of nitrogens with zero attached hydrogens (tertiary/aromatic N) is 2. The lowest BCUT2D eigenvalue weighted by Gasteiger charge is -2.22. The molecule has 18 heavy (non-hydrogen) atoms. The number of nitrogens with two attached hydrogens (primary N) is 1. The molecule has 1 aromatic heterocycles. The second kappa shape index (κ2) is 4.96. The molecule has 102 valence electrons. The monoisotopic (exact) mass is 275 g/mol. The molecule has 0 spiro atoms. The summed E-state index contributed by atoms with van der Waals surface area (Å²) in [6.45, 7) is -0.165. The van der Waals surface area contributed by atoms with Crippen molar-refractivity contribution in [2.75, 3.05) is 0 Å². The van der Waals surface area contributed by atoms with Gasteiger partial charge in [-0.25, -0.2) is 4.98 Å². The van der Waals surface area contributed by atoms with Crippen molar-refractivity contribution in [1.82, 2.24) is 9.97 Å². The van der Waals surface area contributed by atoms with Gasteiger partial charge in [0.15, 0.2) is 0 Å². The van der Waals surface area contributed by atoms with Crippen molar-refractivity contribution in [2.24, 2.45) is 5.73 Å². The van der Waals surface area contributed by atoms with Gasteiger partial charge in [-0.3, -0.25) is 0 Å². The van der Waals surface area contributed by atoms with E-state index in [1.807, 2.05) is 0 Å². The average Bonchev–Trinajstić information content (AvgIpc) is 2.23. The fraction of sp³-hybridized carbons (Fsp3) is 0.500. The summed E-state index contributed by atoms with van der Waals surface area (Å²) < 4.78 is 76.7. The quantitative estimate of drug-likeness (QED) is 0.854. The summed E-state index contributed by atoms with van der Waals surface area (Å²) in [6.07, 6.45) is -14.2. The van der Waals surface area contributed by atoms with Crippen molar-refractivity contribution < 1.29 is 31.1 Å². The van der Waals surface area contributed by atoms with Crippen LogP contribution in [0.2, 0.25) is 0 Å². The van der Waals surface area contributed by atoms with Gasteiger partial charge < -0.3 is 10.5 Å². The largest absolute Gasteiger partial charge is 0.441 e. The Bertz CT molecular complexity index is 391. The Hall–Kier alpha value is -1.58. The number of halogens is 6. The van der Waals surface area contributed by atoms with E-state index in [0.717, 1.165) is 6.20 Å². The molecule has 0 aliphatic carbocycles. The molecule has 0 aliphatic heterocycles. The third kappa shape index (κ3) is 3.72. The Morgan fingerprint density at radius 3 is 2.17 bits per heavy atom. The fourth-order valence-electron chi connectivity index (χ4n) is 0.971. The number of aromatic nitrogens is 2. The number of alkyl halides is 6. The van der Waals surface area contributed by atoms with Crippen LogP contribution in [0.5, 0.6) is 6.01 Å². The van der Waals surface area contributed by atoms with Crippen molar-refractivity contribution in [3.8, 4) is 6.01 Å². The Morgan fingerprint density at radius 1 is 1.17 bits per heavy atom. The zero-order valence-electron chi connectivity index (χ0n) is 8.59. The molecule has 0 unspecified atom stereocenters. The molecule has 4 nitrogen and oxygen atoms in total. The summed E-state index contributed by atoms with van der Waals surface area (Å²) in [5.74, 6) is 0. The third-order valence-corrected chi connectivity index (χ3v) is 1.72. The molecule has 10 heteroatoms. The second-order valence-corrected chi connectivity index (χ2v) is 3.12. The Labute approximate surface area is 96.8 Å². The lowest BCUT2D eigenvalue weighted by Crippen LogP contribution is -2.46. The molecule has 0 fully saturated rings. The minimum Gasteiger partial charge on any atom is -0.441 e. The van der Waals surface area contributed by atoms with E-state index >= 15 is 0 Å². The van der Waals surface area contributed by atoms with Crippen molar-refractivity contribution >= 4 is 0 Å². The standard InChI is InChI=1S/C8H7F6N3O/c9-7(10,11)5(8(12,13)14)18-6-16-2-1-4(3-15)17-6/h1-2,5H,3,15H2. The average molecular weight is 275 g/mol. The molecule has 0 amide bonds. The van der Waals surface area contributed by atoms with Gasteiger partial charge in [-0.2, -0.15) is 31.3 Å². The highest BCUT2D eigenvalue weighted by molar-refractivity contribution is 5.05. The highest BCUT2D eigenvalue weighted by Crippen LogP contribution is 2.35. The van der Waals surface area contributed by atoms with Gasteiger partial charge in [0.2, 0.25) is 0 Å². The summed E-state index contributed by atoms with van der Waals surface area (Å²) in [4.78, 5) is 6.46. The summed E-state index contributed by atoms with van der Waals surface area (Å²) in [5, 5.41) is 0. The predicted octanol–water partition coefficient (Wildman–Crippen LogP) is 1.81. The van der Waals surface area contributed by atoms with E-state index in [1.54, 1.807) is 0 Å². The summed E-state index contributed by atoms with van der Waals surface area (Å²) in [5.41, 5.74) is 5.19. The Balaban J connectivity index is 2.97. The van der Waals surface area contributed by atoms with Crippen LogP contribution < -0.4 is 10.5 Å². The highest BCUT2D eigenvalue weighted by Gasteiger charge is 2.59. The second-order valence-electron chi connectivity index (χ2n) is 3.12. The SMILES string of the molecule is NCc1ccnc(OC(C(F)(F)F)C(F)(F)F)n1. The van der Waals surface area contributed by atoms with Crippen LogP contribution in [0.25, 0.3) is 0 Å². The maximum absolute atomic E-state index is 12.2. The molecule has 0 radical (unpaired) electrons. The molecular formula is C8H7F6N3O. The van der Waals surface area contributed by atoms with Gasteiger partial charge in [-0.1, -0.05) is 0 Å². The normalized spacial score (nSPS) is 12.9. The minimum absolute atomic E-state index is 0.0584. The molecule has 1 aromatic rings. The molecular weight excluding hydrogens is 268 g/mol. The van der Waals surface area contributed by atoms with Crippen LogP contribution in [0.3, 0.4) is 0 Å². The van der Waals surface area contributed by atoms with Crippen LogP contribution in [-0.4, -0.2) is 28.4 Å². The van der Waals surface area contributed by atoms with Crippen molar-refractivity contribution in [1.29, 1.82) is 0 Å². The van der Waals surface area contributed by atoms with Crippen LogP contribution >= 0.6 is 0 Å². The van der Waals surface area contributed by atoms with E-state index in [1.165, 1.54) is 6.07 Å². The van der Waals surface area contributed by atoms with Crippen LogP contribution in [0.15, 0.2) is 12.3 Å². The van der Waals surface area contributed by atoms with Gasteiger partial charge in [0.05, 0.1) is 5.69 Å². The molecule has 0 atom stereocenters. The highest BCUT2D eigenvalue weighted by atomic mass is 19.4. The third-order valence-electron chi connectivity index (χ3n) is 1.72. The lowest BCUT2D eigenvalue weighted by atomic mass is 10.3. The Kier molecular flexibility index (Phi) is 3.99. The predicted molar refractivity (Wildman–Crippen MR) is 46.4 cm³/mol. The van der Waals surface area contributed by atoms with E-state index in [9.17, 15) is 26.3 Å². The topological polar surface area (TPSA) is 61.0 Å². The van der Waals surface area contributed by atoms with Crippen LogP contribution in [0, 0.1) is 0 Å². The molecule has 1 heterocycles. The lowest BCUT2D eigenvalue weighted by molar-refractivity contribution is -0.301. The van der Waals surface area contributed by atoms with Gasteiger partial charge in [-0.15, -0.1) is 0 Å². The molecule has 2 N–H and O–H groups in total. The van der Waals surface area contributed by atoms with Crippen molar-refractivity contribution in [3.05, 3.63) is 18.0 Å². The first-order valence-electron chi connectivity index (χ1n) is 4.46. The summed E-state index contributed by atoms with van der Waals surface area (Å²) in [7, 11) is 0. The smallest absolute Gasteiger partial charge is 0.434 e. The molecule has 0 saturated heterocycles. The van der Waals surface area contributed by atoms with E-state index in [0.29, 0.717) is 0 Å². The maximum atomic E-state index is 12.2. The van der Waals surface area contributed by atoms with Gasteiger partial charge in [-0.05, 0) is 6.07 Å². The summed E-state index contributed by atoms with van der Waals surface area (Å²) in [6, 6.07) is 0.209. The van der Waals surface area contributed by atoms with E-state index in [-0.39, 0.29) is 12.2 Å². The first kappa shape index (κ1) is 14.5. The summed E-state index contributed by atoms with van der Waals surface area (Å²) >= 11 is 0. The van der Waals surface area contributed by atoms with Crippen LogP contribution in [-0.2, 0) is 6.54 Å². The number of hydrogen-bond acceptors (Lipinski definition) is 4. The molecule has 0 aliphatic rings. The number of ether oxygens (including phenoxy) is 1. The molecule has 1 rings (SSSR count). The van der Waals surface area contributed by atoms with E-state index < -0.39 is 24.5 Å².